The van der Waals surface area contributed by atoms with Crippen LogP contribution in [0, 0.1) is 0 Å². The SMILES string of the molecule is COc1ccccc1N1CCN(C(=O)CCc2ccc(S(=O)(=O)NCc3ccccc3)cc2)CC1. The number of sulfonamides is 1. The summed E-state index contributed by atoms with van der Waals surface area (Å²) in [5, 5.41) is 0. The van der Waals surface area contributed by atoms with Crippen molar-refractivity contribution in [3.8, 4) is 5.75 Å². The molecule has 0 aromatic heterocycles. The molecule has 184 valence electrons. The van der Waals surface area contributed by atoms with Gasteiger partial charge in [-0.05, 0) is 41.8 Å². The zero-order valence-corrected chi connectivity index (χ0v) is 20.7. The normalized spacial score (nSPS) is 14.1. The van der Waals surface area contributed by atoms with Gasteiger partial charge in [0.1, 0.15) is 5.75 Å². The molecule has 0 unspecified atom stereocenters. The number of anilines is 1. The minimum atomic E-state index is -3.60. The van der Waals surface area contributed by atoms with Gasteiger partial charge in [-0.3, -0.25) is 4.79 Å². The average molecular weight is 494 g/mol. The molecule has 0 bridgehead atoms. The van der Waals surface area contributed by atoms with Crippen LogP contribution in [0.4, 0.5) is 5.69 Å². The minimum absolute atomic E-state index is 0.117. The van der Waals surface area contributed by atoms with Gasteiger partial charge >= 0.3 is 0 Å². The smallest absolute Gasteiger partial charge is 0.240 e. The van der Waals surface area contributed by atoms with Crippen molar-refractivity contribution >= 4 is 21.6 Å². The van der Waals surface area contributed by atoms with Gasteiger partial charge in [-0.1, -0.05) is 54.6 Å². The molecule has 1 aliphatic rings. The van der Waals surface area contributed by atoms with Crippen molar-refractivity contribution in [2.24, 2.45) is 0 Å². The molecule has 1 heterocycles. The van der Waals surface area contributed by atoms with Gasteiger partial charge in [0, 0.05) is 39.1 Å². The number of methoxy groups -OCH3 is 1. The molecule has 1 fully saturated rings. The second-order valence-corrected chi connectivity index (χ2v) is 10.3. The van der Waals surface area contributed by atoms with Crippen LogP contribution in [0.15, 0.2) is 83.8 Å². The fraction of sp³-hybridized carbons (Fsp3) is 0.296. The van der Waals surface area contributed by atoms with Crippen LogP contribution >= 0.6 is 0 Å². The highest BCUT2D eigenvalue weighted by atomic mass is 32.2. The fourth-order valence-corrected chi connectivity index (χ4v) is 5.21. The Morgan fingerprint density at radius 1 is 0.857 bits per heavy atom. The van der Waals surface area contributed by atoms with E-state index in [-0.39, 0.29) is 17.3 Å². The highest BCUT2D eigenvalue weighted by Crippen LogP contribution is 2.28. The molecular formula is C27H31N3O4S. The zero-order valence-electron chi connectivity index (χ0n) is 19.9. The number of amides is 1. The van der Waals surface area contributed by atoms with Crippen molar-refractivity contribution in [2.45, 2.75) is 24.3 Å². The van der Waals surface area contributed by atoms with E-state index in [4.69, 9.17) is 4.74 Å². The van der Waals surface area contributed by atoms with Crippen molar-refractivity contribution in [1.29, 1.82) is 0 Å². The summed E-state index contributed by atoms with van der Waals surface area (Å²) in [7, 11) is -1.93. The average Bonchev–Trinajstić information content (AvgIpc) is 2.91. The van der Waals surface area contributed by atoms with E-state index in [0.29, 0.717) is 25.9 Å². The summed E-state index contributed by atoms with van der Waals surface area (Å²) < 4.78 is 33.2. The molecule has 1 aliphatic heterocycles. The van der Waals surface area contributed by atoms with Crippen LogP contribution in [-0.2, 0) is 27.8 Å². The first-order valence-electron chi connectivity index (χ1n) is 11.7. The molecular weight excluding hydrogens is 462 g/mol. The summed E-state index contributed by atoms with van der Waals surface area (Å²) in [6.07, 6.45) is 0.969. The molecule has 0 aliphatic carbocycles. The number of nitrogens with zero attached hydrogens (tertiary/aromatic N) is 2. The molecule has 0 radical (unpaired) electrons. The summed E-state index contributed by atoms with van der Waals surface area (Å²) in [4.78, 5) is 17.1. The summed E-state index contributed by atoms with van der Waals surface area (Å²) in [5.74, 6) is 0.957. The standard InChI is InChI=1S/C27H31N3O4S/c1-34-26-10-6-5-9-25(26)29-17-19-30(20-18-29)27(31)16-13-22-11-14-24(15-12-22)35(32,33)28-21-23-7-3-2-4-8-23/h2-12,14-15,28H,13,16-21H2,1H3. The first kappa shape index (κ1) is 24.8. The lowest BCUT2D eigenvalue weighted by atomic mass is 10.1. The van der Waals surface area contributed by atoms with E-state index in [1.54, 1.807) is 31.4 Å². The van der Waals surface area contributed by atoms with E-state index in [9.17, 15) is 13.2 Å². The summed E-state index contributed by atoms with van der Waals surface area (Å²) in [6, 6.07) is 24.1. The number of para-hydroxylation sites is 2. The number of carbonyl (C=O) groups excluding carboxylic acids is 1. The molecule has 0 atom stereocenters. The van der Waals surface area contributed by atoms with Crippen LogP contribution < -0.4 is 14.4 Å². The number of nitrogens with one attached hydrogen (secondary N) is 1. The summed E-state index contributed by atoms with van der Waals surface area (Å²) in [5.41, 5.74) is 2.89. The first-order valence-corrected chi connectivity index (χ1v) is 13.2. The molecule has 7 nitrogen and oxygen atoms in total. The molecule has 0 spiro atoms. The Labute approximate surface area is 207 Å². The lowest BCUT2D eigenvalue weighted by Gasteiger charge is -2.36. The topological polar surface area (TPSA) is 79.0 Å². The monoisotopic (exact) mass is 493 g/mol. The van der Waals surface area contributed by atoms with Gasteiger partial charge in [0.25, 0.3) is 0 Å². The Balaban J connectivity index is 1.26. The highest BCUT2D eigenvalue weighted by Gasteiger charge is 2.22. The van der Waals surface area contributed by atoms with Gasteiger partial charge in [0.2, 0.25) is 15.9 Å². The Morgan fingerprint density at radius 3 is 2.20 bits per heavy atom. The number of carbonyl (C=O) groups is 1. The van der Waals surface area contributed by atoms with Gasteiger partial charge in [-0.2, -0.15) is 0 Å². The number of hydrogen-bond acceptors (Lipinski definition) is 5. The van der Waals surface area contributed by atoms with Crippen LogP contribution in [0.1, 0.15) is 17.5 Å². The molecule has 0 saturated carbocycles. The van der Waals surface area contributed by atoms with E-state index < -0.39 is 10.0 Å². The summed E-state index contributed by atoms with van der Waals surface area (Å²) >= 11 is 0. The molecule has 4 rings (SSSR count). The van der Waals surface area contributed by atoms with Crippen LogP contribution in [0.2, 0.25) is 0 Å². The molecule has 1 saturated heterocycles. The van der Waals surface area contributed by atoms with Gasteiger partial charge in [0.15, 0.2) is 0 Å². The zero-order chi connectivity index (χ0) is 24.7. The fourth-order valence-electron chi connectivity index (χ4n) is 4.19. The van der Waals surface area contributed by atoms with Gasteiger partial charge < -0.3 is 14.5 Å². The van der Waals surface area contributed by atoms with E-state index in [2.05, 4.69) is 9.62 Å². The van der Waals surface area contributed by atoms with Gasteiger partial charge in [-0.15, -0.1) is 0 Å². The van der Waals surface area contributed by atoms with Crippen molar-refractivity contribution in [3.63, 3.8) is 0 Å². The Hall–Kier alpha value is -3.36. The Bertz CT molecular complexity index is 1220. The first-order chi connectivity index (χ1) is 17.0. The number of benzene rings is 3. The molecule has 1 amide bonds. The third kappa shape index (κ3) is 6.41. The quantitative estimate of drug-likeness (QED) is 0.494. The van der Waals surface area contributed by atoms with Crippen LogP contribution in [0.25, 0.3) is 0 Å². The highest BCUT2D eigenvalue weighted by molar-refractivity contribution is 7.89. The van der Waals surface area contributed by atoms with Crippen LogP contribution in [0.3, 0.4) is 0 Å². The van der Waals surface area contributed by atoms with E-state index in [1.807, 2.05) is 59.5 Å². The number of aryl methyl sites for hydroxylation is 1. The Morgan fingerprint density at radius 2 is 1.51 bits per heavy atom. The van der Waals surface area contributed by atoms with Crippen molar-refractivity contribution < 1.29 is 17.9 Å². The summed E-state index contributed by atoms with van der Waals surface area (Å²) in [6.45, 7) is 3.09. The second-order valence-electron chi connectivity index (χ2n) is 8.49. The number of hydrogen-bond donors (Lipinski definition) is 1. The van der Waals surface area contributed by atoms with Gasteiger partial charge in [0.05, 0.1) is 17.7 Å². The predicted molar refractivity (Wildman–Crippen MR) is 137 cm³/mol. The lowest BCUT2D eigenvalue weighted by Crippen LogP contribution is -2.48. The number of rotatable bonds is 9. The van der Waals surface area contributed by atoms with Crippen molar-refractivity contribution in [1.82, 2.24) is 9.62 Å². The maximum atomic E-state index is 12.8. The maximum Gasteiger partial charge on any atom is 0.240 e. The Kier molecular flexibility index (Phi) is 8.05. The van der Waals surface area contributed by atoms with E-state index in [1.165, 1.54) is 0 Å². The van der Waals surface area contributed by atoms with Gasteiger partial charge in [-0.25, -0.2) is 13.1 Å². The van der Waals surface area contributed by atoms with E-state index >= 15 is 0 Å². The largest absolute Gasteiger partial charge is 0.495 e. The molecule has 35 heavy (non-hydrogen) atoms. The van der Waals surface area contributed by atoms with Crippen LogP contribution in [0.5, 0.6) is 5.75 Å². The van der Waals surface area contributed by atoms with Crippen LogP contribution in [-0.4, -0.2) is 52.5 Å². The van der Waals surface area contributed by atoms with E-state index in [0.717, 1.165) is 35.7 Å². The lowest BCUT2D eigenvalue weighted by molar-refractivity contribution is -0.131. The van der Waals surface area contributed by atoms with Crippen molar-refractivity contribution in [3.05, 3.63) is 90.0 Å². The minimum Gasteiger partial charge on any atom is -0.495 e. The van der Waals surface area contributed by atoms with Crippen molar-refractivity contribution in [2.75, 3.05) is 38.2 Å². The third-order valence-electron chi connectivity index (χ3n) is 6.23. The number of piperazine rings is 1. The third-order valence-corrected chi connectivity index (χ3v) is 7.65. The maximum absolute atomic E-state index is 12.8. The molecule has 1 N–H and O–H groups in total. The molecule has 3 aromatic rings. The predicted octanol–water partition coefficient (Wildman–Crippen LogP) is 3.46. The molecule has 3 aromatic carbocycles. The number of ether oxygens (including phenoxy) is 1. The molecule has 8 heteroatoms. The second kappa shape index (κ2) is 11.4.